The Morgan fingerprint density at radius 3 is 2.50 bits per heavy atom. The van der Waals surface area contributed by atoms with E-state index in [9.17, 15) is 9.59 Å². The van der Waals surface area contributed by atoms with Crippen LogP contribution in [-0.4, -0.2) is 32.2 Å². The molecule has 0 atom stereocenters. The highest BCUT2D eigenvalue weighted by atomic mass is 127. The Bertz CT molecular complexity index is 884. The van der Waals surface area contributed by atoms with E-state index in [4.69, 9.17) is 9.47 Å². The van der Waals surface area contributed by atoms with Gasteiger partial charge in [0.15, 0.2) is 0 Å². The van der Waals surface area contributed by atoms with E-state index in [1.54, 1.807) is 32.4 Å². The second kappa shape index (κ2) is 10.6. The van der Waals surface area contributed by atoms with Crippen LogP contribution < -0.4 is 20.2 Å². The van der Waals surface area contributed by atoms with Gasteiger partial charge < -0.3 is 14.8 Å². The summed E-state index contributed by atoms with van der Waals surface area (Å²) in [4.78, 5) is 24.0. The average molecular weight is 495 g/mol. The van der Waals surface area contributed by atoms with Gasteiger partial charge in [0.25, 0.3) is 0 Å². The van der Waals surface area contributed by atoms with Crippen LogP contribution in [0.5, 0.6) is 11.5 Å². The molecule has 148 valence electrons. The summed E-state index contributed by atoms with van der Waals surface area (Å²) < 4.78 is 11.5. The Labute approximate surface area is 177 Å². The number of hydrazone groups is 1. The van der Waals surface area contributed by atoms with Crippen molar-refractivity contribution < 1.29 is 19.1 Å². The zero-order valence-electron chi connectivity index (χ0n) is 15.9. The molecule has 8 heteroatoms. The van der Waals surface area contributed by atoms with Crippen LogP contribution in [0.15, 0.2) is 41.5 Å². The molecule has 2 amide bonds. The third-order valence-electron chi connectivity index (χ3n) is 3.87. The number of anilines is 1. The predicted octanol–water partition coefficient (Wildman–Crippen LogP) is 3.49. The fourth-order valence-electron chi connectivity index (χ4n) is 2.38. The molecule has 0 saturated carbocycles. The number of methoxy groups -OCH3 is 2. The number of rotatable bonds is 8. The van der Waals surface area contributed by atoms with Crippen LogP contribution in [0.2, 0.25) is 0 Å². The smallest absolute Gasteiger partial charge is 0.240 e. The molecule has 0 unspecified atom stereocenters. The minimum atomic E-state index is -0.354. The van der Waals surface area contributed by atoms with E-state index in [-0.39, 0.29) is 24.7 Å². The summed E-state index contributed by atoms with van der Waals surface area (Å²) in [5, 5.41) is 6.73. The molecule has 0 fully saturated rings. The number of amides is 2. The lowest BCUT2D eigenvalue weighted by Gasteiger charge is -2.08. The van der Waals surface area contributed by atoms with E-state index in [0.29, 0.717) is 17.1 Å². The molecule has 0 heterocycles. The average Bonchev–Trinajstić information content (AvgIpc) is 2.68. The van der Waals surface area contributed by atoms with Gasteiger partial charge in [-0.2, -0.15) is 5.10 Å². The molecule has 0 saturated heterocycles. The minimum absolute atomic E-state index is 0.0296. The van der Waals surface area contributed by atoms with Crippen molar-refractivity contribution in [3.8, 4) is 11.5 Å². The molecule has 2 aromatic rings. The quantitative estimate of drug-likeness (QED) is 0.334. The molecule has 0 aliphatic heterocycles. The van der Waals surface area contributed by atoms with Crippen LogP contribution >= 0.6 is 22.6 Å². The molecule has 28 heavy (non-hydrogen) atoms. The predicted molar refractivity (Wildman–Crippen MR) is 117 cm³/mol. The van der Waals surface area contributed by atoms with Gasteiger partial charge in [-0.3, -0.25) is 9.59 Å². The van der Waals surface area contributed by atoms with Gasteiger partial charge in [0.05, 0.1) is 20.4 Å². The minimum Gasteiger partial charge on any atom is -0.497 e. The van der Waals surface area contributed by atoms with Crippen LogP contribution in [0.25, 0.3) is 0 Å². The molecule has 0 aliphatic carbocycles. The van der Waals surface area contributed by atoms with E-state index in [0.717, 1.165) is 14.8 Å². The molecule has 0 aliphatic rings. The van der Waals surface area contributed by atoms with Crippen molar-refractivity contribution in [2.45, 2.75) is 19.8 Å². The molecule has 0 bridgehead atoms. The maximum absolute atomic E-state index is 12.0. The maximum Gasteiger partial charge on any atom is 0.240 e. The lowest BCUT2D eigenvalue weighted by atomic mass is 10.2. The second-order valence-electron chi connectivity index (χ2n) is 5.91. The highest BCUT2D eigenvalue weighted by Gasteiger charge is 2.09. The number of hydrogen-bond donors (Lipinski definition) is 2. The van der Waals surface area contributed by atoms with E-state index in [1.807, 2.05) is 25.1 Å². The number of halogens is 1. The SMILES string of the molecule is COc1ccc(OC)c(C=NNC(=O)CCC(=O)Nc2ccc(I)cc2C)c1. The van der Waals surface area contributed by atoms with E-state index in [2.05, 4.69) is 38.4 Å². The Balaban J connectivity index is 1.84. The van der Waals surface area contributed by atoms with Crippen LogP contribution in [0, 0.1) is 10.5 Å². The zero-order valence-corrected chi connectivity index (χ0v) is 18.1. The molecule has 2 rings (SSSR count). The first-order valence-corrected chi connectivity index (χ1v) is 9.60. The van der Waals surface area contributed by atoms with Crippen LogP contribution in [-0.2, 0) is 9.59 Å². The molecule has 0 radical (unpaired) electrons. The van der Waals surface area contributed by atoms with Gasteiger partial charge in [-0.15, -0.1) is 0 Å². The molecular weight excluding hydrogens is 473 g/mol. The topological polar surface area (TPSA) is 89.0 Å². The summed E-state index contributed by atoms with van der Waals surface area (Å²) in [5.41, 5.74) is 4.79. The summed E-state index contributed by atoms with van der Waals surface area (Å²) in [6.45, 7) is 1.92. The first kappa shape index (κ1) is 21.7. The largest absolute Gasteiger partial charge is 0.497 e. The van der Waals surface area contributed by atoms with Gasteiger partial charge >= 0.3 is 0 Å². The number of carbonyl (C=O) groups is 2. The Morgan fingerprint density at radius 2 is 1.82 bits per heavy atom. The molecule has 7 nitrogen and oxygen atoms in total. The van der Waals surface area contributed by atoms with Crippen LogP contribution in [0.3, 0.4) is 0 Å². The third kappa shape index (κ3) is 6.52. The van der Waals surface area contributed by atoms with Gasteiger partial charge in [-0.25, -0.2) is 5.43 Å². The summed E-state index contributed by atoms with van der Waals surface area (Å²) >= 11 is 2.21. The number of aryl methyl sites for hydroxylation is 1. The molecule has 0 spiro atoms. The second-order valence-corrected chi connectivity index (χ2v) is 7.15. The number of ether oxygens (including phenoxy) is 2. The van der Waals surface area contributed by atoms with Gasteiger partial charge in [0.1, 0.15) is 11.5 Å². The fraction of sp³-hybridized carbons (Fsp3) is 0.250. The van der Waals surface area contributed by atoms with Gasteiger partial charge in [-0.1, -0.05) is 0 Å². The monoisotopic (exact) mass is 495 g/mol. The van der Waals surface area contributed by atoms with E-state index >= 15 is 0 Å². The summed E-state index contributed by atoms with van der Waals surface area (Å²) in [5.74, 6) is 0.674. The zero-order chi connectivity index (χ0) is 20.5. The Morgan fingerprint density at radius 1 is 1.07 bits per heavy atom. The highest BCUT2D eigenvalue weighted by Crippen LogP contribution is 2.22. The van der Waals surface area contributed by atoms with Gasteiger partial charge in [0.2, 0.25) is 11.8 Å². The highest BCUT2D eigenvalue weighted by molar-refractivity contribution is 14.1. The van der Waals surface area contributed by atoms with Crippen molar-refractivity contribution in [3.05, 3.63) is 51.1 Å². The normalized spacial score (nSPS) is 10.6. The molecule has 2 N–H and O–H groups in total. The summed E-state index contributed by atoms with van der Waals surface area (Å²) in [6.07, 6.45) is 1.56. The first-order valence-electron chi connectivity index (χ1n) is 8.53. The maximum atomic E-state index is 12.0. The number of nitrogens with zero attached hydrogens (tertiary/aromatic N) is 1. The number of nitrogens with one attached hydrogen (secondary N) is 2. The van der Waals surface area contributed by atoms with E-state index < -0.39 is 0 Å². The van der Waals surface area contributed by atoms with Crippen molar-refractivity contribution in [2.24, 2.45) is 5.10 Å². The lowest BCUT2D eigenvalue weighted by Crippen LogP contribution is -2.21. The molecular formula is C20H22IN3O4. The standard InChI is InChI=1S/C20H22IN3O4/c1-13-10-15(21)4-6-17(13)23-19(25)8-9-20(26)24-22-12-14-11-16(27-2)5-7-18(14)28-3/h4-7,10-12H,8-9H2,1-3H3,(H,23,25)(H,24,26). The Hall–Kier alpha value is -2.62. The Kier molecular flexibility index (Phi) is 8.24. The fourth-order valence-corrected chi connectivity index (χ4v) is 3.02. The first-order chi connectivity index (χ1) is 13.4. The van der Waals surface area contributed by atoms with Crippen LogP contribution in [0.1, 0.15) is 24.0 Å². The van der Waals surface area contributed by atoms with Crippen molar-refractivity contribution >= 4 is 46.3 Å². The van der Waals surface area contributed by atoms with Crippen molar-refractivity contribution in [3.63, 3.8) is 0 Å². The number of hydrogen-bond acceptors (Lipinski definition) is 5. The number of benzene rings is 2. The van der Waals surface area contributed by atoms with Crippen molar-refractivity contribution in [2.75, 3.05) is 19.5 Å². The molecule has 0 aromatic heterocycles. The third-order valence-corrected chi connectivity index (χ3v) is 4.54. The van der Waals surface area contributed by atoms with Crippen molar-refractivity contribution in [1.29, 1.82) is 0 Å². The van der Waals surface area contributed by atoms with Gasteiger partial charge in [0, 0.05) is 27.7 Å². The molecule has 2 aromatic carbocycles. The van der Waals surface area contributed by atoms with Crippen LogP contribution in [0.4, 0.5) is 5.69 Å². The summed E-state index contributed by atoms with van der Waals surface area (Å²) in [7, 11) is 3.11. The van der Waals surface area contributed by atoms with Gasteiger partial charge in [-0.05, 0) is 71.5 Å². The lowest BCUT2D eigenvalue weighted by molar-refractivity contribution is -0.124. The van der Waals surface area contributed by atoms with E-state index in [1.165, 1.54) is 6.21 Å². The number of carbonyl (C=O) groups excluding carboxylic acids is 2. The summed E-state index contributed by atoms with van der Waals surface area (Å²) in [6, 6.07) is 11.0. The van der Waals surface area contributed by atoms with Crippen molar-refractivity contribution in [1.82, 2.24) is 5.43 Å².